The van der Waals surface area contributed by atoms with Crippen LogP contribution in [0.2, 0.25) is 0 Å². The molecule has 0 saturated heterocycles. The Morgan fingerprint density at radius 2 is 1.14 bits per heavy atom. The number of esters is 1. The maximum absolute atomic E-state index is 11.4. The van der Waals surface area contributed by atoms with Crippen LogP contribution < -0.4 is 0 Å². The Bertz CT molecular complexity index is 481. The molecule has 6 nitrogen and oxygen atoms in total. The molecule has 0 saturated carbocycles. The van der Waals surface area contributed by atoms with Gasteiger partial charge in [-0.1, -0.05) is 122 Å². The van der Waals surface area contributed by atoms with E-state index in [2.05, 4.69) is 11.8 Å². The average molecular weight is 548 g/mol. The Balaban J connectivity index is 3.53. The second kappa shape index (κ2) is 28.7. The van der Waals surface area contributed by atoms with Gasteiger partial charge in [-0.2, -0.15) is 0 Å². The number of ether oxygens (including phenoxy) is 1. The first-order valence-corrected chi connectivity index (χ1v) is 16.7. The van der Waals surface area contributed by atoms with E-state index >= 15 is 0 Å². The molecule has 2 atom stereocenters. The molecule has 0 rings (SSSR count). The van der Waals surface area contributed by atoms with Crippen LogP contribution in [0.25, 0.3) is 0 Å². The van der Waals surface area contributed by atoms with Gasteiger partial charge in [0, 0.05) is 6.92 Å². The van der Waals surface area contributed by atoms with Gasteiger partial charge >= 0.3 is 14.6 Å². The molecule has 0 aliphatic carbocycles. The molecule has 7 heteroatoms. The van der Waals surface area contributed by atoms with E-state index in [1.165, 1.54) is 116 Å². The number of unbranched alkanes of at least 4 members (excludes halogenated alkanes) is 18. The van der Waals surface area contributed by atoms with E-state index in [1.54, 1.807) is 0 Å². The summed E-state index contributed by atoms with van der Waals surface area (Å²) in [4.78, 5) is 23.4. The van der Waals surface area contributed by atoms with Crippen LogP contribution in [0.15, 0.2) is 0 Å². The number of rotatable bonds is 29. The highest BCUT2D eigenvalue weighted by molar-refractivity contribution is 7.40. The Labute approximate surface area is 231 Å². The van der Waals surface area contributed by atoms with Gasteiger partial charge in [-0.15, -0.1) is 0 Å². The highest BCUT2D eigenvalue weighted by Gasteiger charge is 2.16. The largest absolute Gasteiger partial charge is 0.460 e. The third-order valence-electron chi connectivity index (χ3n) is 6.78. The number of carbonyl (C=O) groups excluding carboxylic acids is 1. The molecule has 37 heavy (non-hydrogen) atoms. The lowest BCUT2D eigenvalue weighted by molar-refractivity contribution is -0.148. The molecule has 222 valence electrons. The van der Waals surface area contributed by atoms with Crippen LogP contribution in [0.4, 0.5) is 0 Å². The molecule has 0 heterocycles. The van der Waals surface area contributed by atoms with Gasteiger partial charge in [-0.05, 0) is 39.9 Å². The molecule has 0 fully saturated rings. The standard InChI is InChI=1S/C30H62NO5P/c1-5-6-7-8-9-10-11-12-13-14-15-16-17-18-19-20-21-22-23-25-30(36-29(2)32)28-35-37(33)34-27-24-26-31(3)4/h30,33H,5-28H2,1-4H3. The van der Waals surface area contributed by atoms with Crippen LogP contribution in [0.5, 0.6) is 0 Å². The minimum Gasteiger partial charge on any atom is -0.460 e. The molecule has 0 spiro atoms. The number of nitrogens with zero attached hydrogens (tertiary/aromatic N) is 1. The summed E-state index contributed by atoms with van der Waals surface area (Å²) in [5.41, 5.74) is 0. The van der Waals surface area contributed by atoms with E-state index in [0.717, 1.165) is 32.2 Å². The molecular weight excluding hydrogens is 485 g/mol. The third kappa shape index (κ3) is 30.1. The summed E-state index contributed by atoms with van der Waals surface area (Å²) in [5, 5.41) is 0. The minimum absolute atomic E-state index is 0.189. The molecule has 0 aliphatic rings. The fraction of sp³-hybridized carbons (Fsp3) is 0.967. The van der Waals surface area contributed by atoms with Crippen LogP contribution in [0.1, 0.15) is 149 Å². The maximum atomic E-state index is 11.4. The molecule has 0 radical (unpaired) electrons. The normalized spacial score (nSPS) is 13.2. The first kappa shape index (κ1) is 36.7. The van der Waals surface area contributed by atoms with Crippen molar-refractivity contribution in [2.75, 3.05) is 33.9 Å². The van der Waals surface area contributed by atoms with Gasteiger partial charge < -0.3 is 23.6 Å². The quantitative estimate of drug-likeness (QED) is 0.0573. The topological polar surface area (TPSA) is 68.2 Å². The summed E-state index contributed by atoms with van der Waals surface area (Å²) in [7, 11) is 2.08. The predicted octanol–water partition coefficient (Wildman–Crippen LogP) is 8.94. The molecule has 0 aromatic carbocycles. The lowest BCUT2D eigenvalue weighted by Crippen LogP contribution is -2.21. The van der Waals surface area contributed by atoms with Gasteiger partial charge in [-0.3, -0.25) is 4.79 Å². The second-order valence-corrected chi connectivity index (χ2v) is 11.9. The molecule has 0 aliphatic heterocycles. The zero-order valence-corrected chi connectivity index (χ0v) is 25.9. The van der Waals surface area contributed by atoms with Gasteiger partial charge in [0.05, 0.1) is 13.2 Å². The Hall–Kier alpha value is -0.260. The lowest BCUT2D eigenvalue weighted by atomic mass is 10.0. The number of hydrogen-bond acceptors (Lipinski definition) is 6. The minimum atomic E-state index is -1.92. The Morgan fingerprint density at radius 3 is 1.54 bits per heavy atom. The fourth-order valence-electron chi connectivity index (χ4n) is 4.57. The van der Waals surface area contributed by atoms with Crippen molar-refractivity contribution in [2.24, 2.45) is 0 Å². The molecule has 0 amide bonds. The predicted molar refractivity (Wildman–Crippen MR) is 158 cm³/mol. The summed E-state index contributed by atoms with van der Waals surface area (Å²) >= 11 is 0. The molecular formula is C30H62NO5P. The van der Waals surface area contributed by atoms with Gasteiger partial charge in [0.1, 0.15) is 6.10 Å². The first-order chi connectivity index (χ1) is 18.0. The Kier molecular flexibility index (Phi) is 28.5. The van der Waals surface area contributed by atoms with Crippen molar-refractivity contribution in [3.05, 3.63) is 0 Å². The van der Waals surface area contributed by atoms with E-state index in [9.17, 15) is 9.69 Å². The smallest absolute Gasteiger partial charge is 0.329 e. The van der Waals surface area contributed by atoms with Gasteiger partial charge in [0.25, 0.3) is 0 Å². The van der Waals surface area contributed by atoms with Crippen LogP contribution in [0, 0.1) is 0 Å². The van der Waals surface area contributed by atoms with Crippen LogP contribution in [-0.2, 0) is 18.6 Å². The highest BCUT2D eigenvalue weighted by Crippen LogP contribution is 2.33. The van der Waals surface area contributed by atoms with Crippen molar-refractivity contribution in [1.82, 2.24) is 4.90 Å². The maximum Gasteiger partial charge on any atom is 0.329 e. The van der Waals surface area contributed by atoms with Gasteiger partial charge in [-0.25, -0.2) is 0 Å². The summed E-state index contributed by atoms with van der Waals surface area (Å²) in [6.45, 7) is 5.25. The second-order valence-electron chi connectivity index (χ2n) is 10.9. The molecule has 0 aromatic heterocycles. The zero-order chi connectivity index (χ0) is 27.4. The van der Waals surface area contributed by atoms with E-state index in [-0.39, 0.29) is 18.7 Å². The average Bonchev–Trinajstić information content (AvgIpc) is 2.86. The third-order valence-corrected chi connectivity index (χ3v) is 7.56. The molecule has 0 bridgehead atoms. The van der Waals surface area contributed by atoms with Crippen molar-refractivity contribution >= 4 is 14.6 Å². The Morgan fingerprint density at radius 1 is 0.703 bits per heavy atom. The number of carbonyl (C=O) groups is 1. The summed E-state index contributed by atoms with van der Waals surface area (Å²) < 4.78 is 16.1. The SMILES string of the molecule is CCCCCCCCCCCCCCCCCCCCCC(COP(O)OCCCN(C)C)OC(C)=O. The van der Waals surface area contributed by atoms with Crippen molar-refractivity contribution in [3.8, 4) is 0 Å². The van der Waals surface area contributed by atoms with E-state index in [0.29, 0.717) is 6.61 Å². The molecule has 1 N–H and O–H groups in total. The fourth-order valence-corrected chi connectivity index (χ4v) is 5.22. The van der Waals surface area contributed by atoms with Crippen molar-refractivity contribution in [3.63, 3.8) is 0 Å². The van der Waals surface area contributed by atoms with Crippen LogP contribution >= 0.6 is 8.60 Å². The van der Waals surface area contributed by atoms with Crippen LogP contribution in [-0.4, -0.2) is 55.7 Å². The molecule has 2 unspecified atom stereocenters. The van der Waals surface area contributed by atoms with Crippen molar-refractivity contribution in [2.45, 2.75) is 155 Å². The van der Waals surface area contributed by atoms with Gasteiger partial charge in [0.2, 0.25) is 0 Å². The van der Waals surface area contributed by atoms with E-state index < -0.39 is 8.60 Å². The zero-order valence-electron chi connectivity index (χ0n) is 25.0. The van der Waals surface area contributed by atoms with E-state index in [4.69, 9.17) is 13.8 Å². The summed E-state index contributed by atoms with van der Waals surface area (Å²) in [6.07, 6.45) is 27.1. The number of hydrogen-bond donors (Lipinski definition) is 1. The summed E-state index contributed by atoms with van der Waals surface area (Å²) in [6, 6.07) is 0. The molecule has 0 aromatic rings. The van der Waals surface area contributed by atoms with Gasteiger partial charge in [0.15, 0.2) is 0 Å². The van der Waals surface area contributed by atoms with Crippen LogP contribution in [0.3, 0.4) is 0 Å². The monoisotopic (exact) mass is 547 g/mol. The van der Waals surface area contributed by atoms with Crippen molar-refractivity contribution < 1.29 is 23.5 Å². The van der Waals surface area contributed by atoms with Crippen molar-refractivity contribution in [1.29, 1.82) is 0 Å². The van der Waals surface area contributed by atoms with E-state index in [1.807, 2.05) is 14.1 Å². The first-order valence-electron chi connectivity index (χ1n) is 15.5. The summed E-state index contributed by atoms with van der Waals surface area (Å²) in [5.74, 6) is -0.305. The lowest BCUT2D eigenvalue weighted by Gasteiger charge is -2.19. The highest BCUT2D eigenvalue weighted by atomic mass is 31.2.